The van der Waals surface area contributed by atoms with Crippen molar-refractivity contribution in [2.45, 2.75) is 28.0 Å². The molecule has 0 radical (unpaired) electrons. The average molecular weight is 452 g/mol. The second-order valence-electron chi connectivity index (χ2n) is 6.77. The molecule has 0 unspecified atom stereocenters. The Balaban J connectivity index is 1.99. The van der Waals surface area contributed by atoms with Crippen LogP contribution in [0.4, 0.5) is 0 Å². The van der Waals surface area contributed by atoms with Gasteiger partial charge < -0.3 is 4.74 Å². The number of hydrogen-bond acceptors (Lipinski definition) is 5. The number of ether oxygens (including phenoxy) is 1. The summed E-state index contributed by atoms with van der Waals surface area (Å²) in [7, 11) is -3.93. The molecule has 5 nitrogen and oxygen atoms in total. The number of benzene rings is 3. The van der Waals surface area contributed by atoms with Crippen LogP contribution in [0.15, 0.2) is 99.6 Å². The number of rotatable bonds is 7. The van der Waals surface area contributed by atoms with Crippen LogP contribution in [0, 0.1) is 0 Å². The third kappa shape index (κ3) is 4.24. The monoisotopic (exact) mass is 451 g/mol. The first kappa shape index (κ1) is 21.2. The molecule has 4 aromatic rings. The minimum atomic E-state index is -3.93. The van der Waals surface area contributed by atoms with Gasteiger partial charge in [0.1, 0.15) is 0 Å². The summed E-state index contributed by atoms with van der Waals surface area (Å²) in [6.07, 6.45) is -0.149. The first-order chi connectivity index (χ1) is 15.0. The van der Waals surface area contributed by atoms with E-state index in [9.17, 15) is 13.2 Å². The van der Waals surface area contributed by atoms with Crippen LogP contribution in [-0.2, 0) is 26.0 Å². The van der Waals surface area contributed by atoms with Crippen molar-refractivity contribution >= 4 is 38.7 Å². The van der Waals surface area contributed by atoms with E-state index in [0.717, 1.165) is 15.2 Å². The van der Waals surface area contributed by atoms with Crippen LogP contribution < -0.4 is 0 Å². The molecular weight excluding hydrogens is 430 g/mol. The molecule has 3 aromatic carbocycles. The zero-order chi connectivity index (χ0) is 21.8. The minimum absolute atomic E-state index is 0.149. The van der Waals surface area contributed by atoms with Gasteiger partial charge in [-0.05, 0) is 37.3 Å². The highest BCUT2D eigenvalue weighted by Crippen LogP contribution is 2.40. The van der Waals surface area contributed by atoms with E-state index in [1.807, 2.05) is 42.5 Å². The number of carbonyl (C=O) groups excluding carboxylic acids is 1. The molecule has 4 rings (SSSR count). The van der Waals surface area contributed by atoms with Crippen molar-refractivity contribution in [3.63, 3.8) is 0 Å². The lowest BCUT2D eigenvalue weighted by atomic mass is 10.2. The van der Waals surface area contributed by atoms with Crippen molar-refractivity contribution in [2.24, 2.45) is 0 Å². The Bertz CT molecular complexity index is 1310. The molecule has 0 spiro atoms. The minimum Gasteiger partial charge on any atom is -0.466 e. The average Bonchev–Trinajstić information content (AvgIpc) is 3.09. The van der Waals surface area contributed by atoms with Gasteiger partial charge >= 0.3 is 5.97 Å². The number of fused-ring (bicyclic) bond motifs is 1. The Morgan fingerprint density at radius 3 is 2.19 bits per heavy atom. The Morgan fingerprint density at radius 1 is 0.903 bits per heavy atom. The van der Waals surface area contributed by atoms with Gasteiger partial charge in [-0.2, -0.15) is 0 Å². The summed E-state index contributed by atoms with van der Waals surface area (Å²) in [5.41, 5.74) is 0.932. The van der Waals surface area contributed by atoms with E-state index in [-0.39, 0.29) is 17.9 Å². The van der Waals surface area contributed by atoms with Gasteiger partial charge in [-0.1, -0.05) is 66.4 Å². The maximum absolute atomic E-state index is 13.7. The van der Waals surface area contributed by atoms with Gasteiger partial charge in [0.15, 0.2) is 0 Å². The molecule has 0 aliphatic heterocycles. The lowest BCUT2D eigenvalue weighted by Crippen LogP contribution is -2.19. The van der Waals surface area contributed by atoms with E-state index >= 15 is 0 Å². The smallest absolute Gasteiger partial charge is 0.311 e. The first-order valence-corrected chi connectivity index (χ1v) is 12.1. The van der Waals surface area contributed by atoms with Crippen molar-refractivity contribution in [2.75, 3.05) is 6.61 Å². The van der Waals surface area contributed by atoms with Crippen molar-refractivity contribution in [3.05, 3.63) is 90.6 Å². The molecule has 31 heavy (non-hydrogen) atoms. The highest BCUT2D eigenvalue weighted by Gasteiger charge is 2.28. The summed E-state index contributed by atoms with van der Waals surface area (Å²) in [6, 6.07) is 25.2. The summed E-state index contributed by atoms with van der Waals surface area (Å²) in [6.45, 7) is 1.96. The van der Waals surface area contributed by atoms with Gasteiger partial charge in [-0.25, -0.2) is 12.4 Å². The van der Waals surface area contributed by atoms with Crippen LogP contribution in [0.1, 0.15) is 12.6 Å². The Morgan fingerprint density at radius 2 is 1.52 bits per heavy atom. The largest absolute Gasteiger partial charge is 0.466 e. The lowest BCUT2D eigenvalue weighted by molar-refractivity contribution is -0.142. The Kier molecular flexibility index (Phi) is 6.15. The molecule has 0 aliphatic rings. The normalized spacial score (nSPS) is 11.5. The third-order valence-corrected chi connectivity index (χ3v) is 7.67. The molecule has 0 saturated heterocycles. The van der Waals surface area contributed by atoms with Crippen LogP contribution in [-0.4, -0.2) is 25.0 Å². The summed E-state index contributed by atoms with van der Waals surface area (Å²) in [4.78, 5) is 14.3. The standard InChI is InChI=1S/C24H21NO4S2/c1-2-29-23(26)17-22-24(30-18-11-5-3-6-12-18)20-15-9-10-16-21(20)25(22)31(27,28)19-13-7-4-8-14-19/h3-16H,2,17H2,1H3. The van der Waals surface area contributed by atoms with Gasteiger partial charge in [0, 0.05) is 15.2 Å². The van der Waals surface area contributed by atoms with Crippen molar-refractivity contribution in [1.29, 1.82) is 0 Å². The van der Waals surface area contributed by atoms with Crippen molar-refractivity contribution in [1.82, 2.24) is 3.97 Å². The summed E-state index contributed by atoms with van der Waals surface area (Å²) in [5.74, 6) is -0.468. The fourth-order valence-electron chi connectivity index (χ4n) is 3.43. The van der Waals surface area contributed by atoms with Gasteiger partial charge in [-0.3, -0.25) is 4.79 Å². The Labute approximate surface area is 185 Å². The number of hydrogen-bond donors (Lipinski definition) is 0. The maximum atomic E-state index is 13.7. The van der Waals surface area contributed by atoms with E-state index in [2.05, 4.69) is 0 Å². The van der Waals surface area contributed by atoms with E-state index in [0.29, 0.717) is 11.2 Å². The predicted octanol–water partition coefficient (Wildman–Crippen LogP) is 5.14. The van der Waals surface area contributed by atoms with Crippen LogP contribution in [0.2, 0.25) is 0 Å². The van der Waals surface area contributed by atoms with Gasteiger partial charge in [0.25, 0.3) is 10.0 Å². The fraction of sp³-hybridized carbons (Fsp3) is 0.125. The van der Waals surface area contributed by atoms with Gasteiger partial charge in [0.05, 0.1) is 29.1 Å². The first-order valence-electron chi connectivity index (χ1n) is 9.84. The van der Waals surface area contributed by atoms with E-state index < -0.39 is 16.0 Å². The van der Waals surface area contributed by atoms with Crippen LogP contribution in [0.5, 0.6) is 0 Å². The molecule has 1 aromatic heterocycles. The molecule has 0 aliphatic carbocycles. The molecule has 1 heterocycles. The molecule has 0 amide bonds. The number of esters is 1. The Hall–Kier alpha value is -3.03. The third-order valence-electron chi connectivity index (χ3n) is 4.74. The molecule has 0 fully saturated rings. The maximum Gasteiger partial charge on any atom is 0.311 e. The molecule has 158 valence electrons. The summed E-state index contributed by atoms with van der Waals surface area (Å²) >= 11 is 1.44. The van der Waals surface area contributed by atoms with Crippen molar-refractivity contribution < 1.29 is 17.9 Å². The number of nitrogens with zero attached hydrogens (tertiary/aromatic N) is 1. The molecular formula is C24H21NO4S2. The SMILES string of the molecule is CCOC(=O)Cc1c(Sc2ccccc2)c2ccccc2n1S(=O)(=O)c1ccccc1. The number of para-hydroxylation sites is 1. The predicted molar refractivity (Wildman–Crippen MR) is 122 cm³/mol. The second kappa shape index (κ2) is 8.99. The number of carbonyl (C=O) groups is 1. The molecule has 0 saturated carbocycles. The highest BCUT2D eigenvalue weighted by atomic mass is 32.2. The quantitative estimate of drug-likeness (QED) is 0.364. The summed E-state index contributed by atoms with van der Waals surface area (Å²) < 4.78 is 33.8. The van der Waals surface area contributed by atoms with Crippen LogP contribution in [0.25, 0.3) is 10.9 Å². The van der Waals surface area contributed by atoms with E-state index in [1.54, 1.807) is 49.4 Å². The fourth-order valence-corrected chi connectivity index (χ4v) is 6.16. The van der Waals surface area contributed by atoms with Crippen LogP contribution in [0.3, 0.4) is 0 Å². The van der Waals surface area contributed by atoms with Crippen LogP contribution >= 0.6 is 11.8 Å². The molecule has 0 atom stereocenters. The zero-order valence-electron chi connectivity index (χ0n) is 16.9. The summed E-state index contributed by atoms with van der Waals surface area (Å²) in [5, 5.41) is 0.773. The zero-order valence-corrected chi connectivity index (χ0v) is 18.5. The second-order valence-corrected chi connectivity index (χ2v) is 9.64. The van der Waals surface area contributed by atoms with Crippen molar-refractivity contribution in [3.8, 4) is 0 Å². The van der Waals surface area contributed by atoms with Gasteiger partial charge in [0.2, 0.25) is 0 Å². The van der Waals surface area contributed by atoms with Gasteiger partial charge in [-0.15, -0.1) is 0 Å². The van der Waals surface area contributed by atoms with E-state index in [1.165, 1.54) is 15.7 Å². The highest BCUT2D eigenvalue weighted by molar-refractivity contribution is 7.99. The lowest BCUT2D eigenvalue weighted by Gasteiger charge is -2.13. The topological polar surface area (TPSA) is 65.4 Å². The molecule has 0 N–H and O–H groups in total. The van der Waals surface area contributed by atoms with E-state index in [4.69, 9.17) is 4.74 Å². The molecule has 7 heteroatoms. The molecule has 0 bridgehead atoms. The number of aromatic nitrogens is 1.